The molecule has 1 fully saturated rings. The average Bonchev–Trinajstić information content (AvgIpc) is 2.86. The Balaban J connectivity index is 2.03. The summed E-state index contributed by atoms with van der Waals surface area (Å²) in [4.78, 5) is 10.8. The van der Waals surface area contributed by atoms with Crippen molar-refractivity contribution in [2.75, 3.05) is 6.61 Å². The fourth-order valence-electron chi connectivity index (χ4n) is 2.35. The molecule has 1 saturated heterocycles. The predicted molar refractivity (Wildman–Crippen MR) is 66.4 cm³/mol. The summed E-state index contributed by atoms with van der Waals surface area (Å²) in [6.45, 7) is 3.25. The zero-order chi connectivity index (χ0) is 13.7. The summed E-state index contributed by atoms with van der Waals surface area (Å²) in [5, 5.41) is 20.6. The summed E-state index contributed by atoms with van der Waals surface area (Å²) in [6, 6.07) is 0. The van der Waals surface area contributed by atoms with Crippen LogP contribution in [0.4, 0.5) is 0 Å². The number of aliphatic carboxylic acids is 1. The SMILES string of the molecule is CCC(CC(=O)O)Cn1nnnc1C1CCCCO1. The van der Waals surface area contributed by atoms with Crippen LogP contribution in [0.2, 0.25) is 0 Å². The smallest absolute Gasteiger partial charge is 0.303 e. The Morgan fingerprint density at radius 1 is 1.58 bits per heavy atom. The predicted octanol–water partition coefficient (Wildman–Crippen LogP) is 1.42. The van der Waals surface area contributed by atoms with Crippen LogP contribution in [0.1, 0.15) is 51.0 Å². The first-order valence-electron chi connectivity index (χ1n) is 6.80. The van der Waals surface area contributed by atoms with Crippen molar-refractivity contribution in [3.8, 4) is 0 Å². The first-order chi connectivity index (χ1) is 9.20. The average molecular weight is 268 g/mol. The Labute approximate surface area is 111 Å². The molecule has 1 N–H and O–H groups in total. The van der Waals surface area contributed by atoms with Gasteiger partial charge in [0, 0.05) is 19.6 Å². The topological polar surface area (TPSA) is 90.1 Å². The second-order valence-corrected chi connectivity index (χ2v) is 4.95. The molecule has 0 bridgehead atoms. The van der Waals surface area contributed by atoms with Crippen molar-refractivity contribution in [3.63, 3.8) is 0 Å². The van der Waals surface area contributed by atoms with E-state index >= 15 is 0 Å². The Bertz CT molecular complexity index is 415. The minimum atomic E-state index is -0.782. The minimum Gasteiger partial charge on any atom is -0.481 e. The highest BCUT2D eigenvalue weighted by Gasteiger charge is 2.24. The molecule has 19 heavy (non-hydrogen) atoms. The van der Waals surface area contributed by atoms with Gasteiger partial charge in [0.2, 0.25) is 0 Å². The van der Waals surface area contributed by atoms with E-state index < -0.39 is 5.97 Å². The molecule has 2 heterocycles. The fourth-order valence-corrected chi connectivity index (χ4v) is 2.35. The molecule has 0 amide bonds. The molecule has 1 aromatic rings. The molecule has 2 atom stereocenters. The van der Waals surface area contributed by atoms with Crippen LogP contribution in [0, 0.1) is 5.92 Å². The van der Waals surface area contributed by atoms with Gasteiger partial charge in [0.05, 0.1) is 0 Å². The van der Waals surface area contributed by atoms with Gasteiger partial charge in [-0.25, -0.2) is 4.68 Å². The van der Waals surface area contributed by atoms with Crippen LogP contribution in [-0.2, 0) is 16.1 Å². The zero-order valence-electron chi connectivity index (χ0n) is 11.2. The molecule has 0 radical (unpaired) electrons. The first-order valence-corrected chi connectivity index (χ1v) is 6.80. The van der Waals surface area contributed by atoms with Crippen molar-refractivity contribution in [2.45, 2.75) is 51.7 Å². The molecule has 2 rings (SSSR count). The van der Waals surface area contributed by atoms with Crippen LogP contribution in [0.25, 0.3) is 0 Å². The van der Waals surface area contributed by atoms with E-state index in [9.17, 15) is 4.79 Å². The molecule has 1 aliphatic heterocycles. The van der Waals surface area contributed by atoms with E-state index in [1.165, 1.54) is 0 Å². The summed E-state index contributed by atoms with van der Waals surface area (Å²) in [6.07, 6.45) is 4.00. The largest absolute Gasteiger partial charge is 0.481 e. The van der Waals surface area contributed by atoms with Gasteiger partial charge in [-0.15, -0.1) is 5.10 Å². The van der Waals surface area contributed by atoms with Gasteiger partial charge >= 0.3 is 5.97 Å². The highest BCUT2D eigenvalue weighted by atomic mass is 16.5. The number of hydrogen-bond acceptors (Lipinski definition) is 5. The van der Waals surface area contributed by atoms with Crippen LogP contribution in [0.3, 0.4) is 0 Å². The molecular weight excluding hydrogens is 248 g/mol. The highest BCUT2D eigenvalue weighted by Crippen LogP contribution is 2.26. The van der Waals surface area contributed by atoms with Gasteiger partial charge in [-0.1, -0.05) is 13.3 Å². The Hall–Kier alpha value is -1.50. The standard InChI is InChI=1S/C12H20N4O3/c1-2-9(7-11(17)18)8-16-12(13-14-15-16)10-5-3-4-6-19-10/h9-10H,2-8H2,1H3,(H,17,18). The molecule has 1 aromatic heterocycles. The van der Waals surface area contributed by atoms with Gasteiger partial charge in [0.15, 0.2) is 5.82 Å². The first kappa shape index (κ1) is 13.9. The number of hydrogen-bond donors (Lipinski definition) is 1. The number of aromatic nitrogens is 4. The van der Waals surface area contributed by atoms with Gasteiger partial charge < -0.3 is 9.84 Å². The number of carbonyl (C=O) groups is 1. The summed E-state index contributed by atoms with van der Waals surface area (Å²) >= 11 is 0. The van der Waals surface area contributed by atoms with E-state index in [2.05, 4.69) is 15.5 Å². The van der Waals surface area contributed by atoms with E-state index in [0.717, 1.165) is 38.1 Å². The number of rotatable bonds is 6. The van der Waals surface area contributed by atoms with Crippen LogP contribution in [-0.4, -0.2) is 37.9 Å². The number of ether oxygens (including phenoxy) is 1. The third-order valence-corrected chi connectivity index (χ3v) is 3.50. The Morgan fingerprint density at radius 3 is 3.05 bits per heavy atom. The van der Waals surface area contributed by atoms with Crippen molar-refractivity contribution < 1.29 is 14.6 Å². The van der Waals surface area contributed by atoms with E-state index in [-0.39, 0.29) is 18.4 Å². The molecule has 1 aliphatic rings. The fraction of sp³-hybridized carbons (Fsp3) is 0.833. The lowest BCUT2D eigenvalue weighted by atomic mass is 10.0. The van der Waals surface area contributed by atoms with Crippen LogP contribution >= 0.6 is 0 Å². The third kappa shape index (κ3) is 3.73. The van der Waals surface area contributed by atoms with Gasteiger partial charge in [-0.05, 0) is 35.6 Å². The lowest BCUT2D eigenvalue weighted by Crippen LogP contribution is -2.21. The van der Waals surface area contributed by atoms with Crippen molar-refractivity contribution in [3.05, 3.63) is 5.82 Å². The van der Waals surface area contributed by atoms with Crippen molar-refractivity contribution >= 4 is 5.97 Å². The van der Waals surface area contributed by atoms with E-state index in [1.807, 2.05) is 6.92 Å². The number of carboxylic acids is 1. The molecule has 2 unspecified atom stereocenters. The summed E-state index contributed by atoms with van der Waals surface area (Å²) < 4.78 is 7.38. The lowest BCUT2D eigenvalue weighted by Gasteiger charge is -2.22. The van der Waals surface area contributed by atoms with E-state index in [4.69, 9.17) is 9.84 Å². The second kappa shape index (κ2) is 6.60. The van der Waals surface area contributed by atoms with E-state index in [1.54, 1.807) is 4.68 Å². The van der Waals surface area contributed by atoms with Crippen molar-refractivity contribution in [1.29, 1.82) is 0 Å². The Kier molecular flexibility index (Phi) is 4.84. The van der Waals surface area contributed by atoms with Crippen LogP contribution in [0.15, 0.2) is 0 Å². The second-order valence-electron chi connectivity index (χ2n) is 4.95. The van der Waals surface area contributed by atoms with Crippen LogP contribution < -0.4 is 0 Å². The summed E-state index contributed by atoms with van der Waals surface area (Å²) in [7, 11) is 0. The molecule has 7 nitrogen and oxygen atoms in total. The van der Waals surface area contributed by atoms with Gasteiger partial charge in [-0.3, -0.25) is 4.79 Å². The molecular formula is C12H20N4O3. The molecule has 0 aliphatic carbocycles. The maximum atomic E-state index is 10.8. The Morgan fingerprint density at radius 2 is 2.42 bits per heavy atom. The summed E-state index contributed by atoms with van der Waals surface area (Å²) in [5.74, 6) is -0.0118. The molecule has 7 heteroatoms. The maximum absolute atomic E-state index is 10.8. The van der Waals surface area contributed by atoms with Gasteiger partial charge in [0.1, 0.15) is 6.10 Å². The van der Waals surface area contributed by atoms with Gasteiger partial charge in [-0.2, -0.15) is 0 Å². The van der Waals surface area contributed by atoms with Crippen LogP contribution in [0.5, 0.6) is 0 Å². The highest BCUT2D eigenvalue weighted by molar-refractivity contribution is 5.66. The maximum Gasteiger partial charge on any atom is 0.303 e. The van der Waals surface area contributed by atoms with E-state index in [0.29, 0.717) is 6.54 Å². The molecule has 0 saturated carbocycles. The lowest BCUT2D eigenvalue weighted by molar-refractivity contribution is -0.138. The summed E-state index contributed by atoms with van der Waals surface area (Å²) in [5.41, 5.74) is 0. The zero-order valence-corrected chi connectivity index (χ0v) is 11.2. The normalized spacial score (nSPS) is 21.2. The number of nitrogens with zero attached hydrogens (tertiary/aromatic N) is 4. The quantitative estimate of drug-likeness (QED) is 0.839. The van der Waals surface area contributed by atoms with Crippen molar-refractivity contribution in [2.24, 2.45) is 5.92 Å². The number of tetrazole rings is 1. The third-order valence-electron chi connectivity index (χ3n) is 3.50. The molecule has 0 spiro atoms. The number of carboxylic acid groups (broad SMARTS) is 1. The minimum absolute atomic E-state index is 0.0448. The molecule has 0 aromatic carbocycles. The van der Waals surface area contributed by atoms with Gasteiger partial charge in [0.25, 0.3) is 0 Å². The monoisotopic (exact) mass is 268 g/mol. The molecule has 106 valence electrons. The van der Waals surface area contributed by atoms with Crippen molar-refractivity contribution in [1.82, 2.24) is 20.2 Å².